The van der Waals surface area contributed by atoms with Crippen molar-refractivity contribution in [2.45, 2.75) is 33.4 Å². The Morgan fingerprint density at radius 2 is 1.92 bits per heavy atom. The van der Waals surface area contributed by atoms with Crippen LogP contribution in [0, 0.1) is 6.92 Å². The van der Waals surface area contributed by atoms with Gasteiger partial charge in [0.05, 0.1) is 29.3 Å². The molecule has 0 saturated carbocycles. The SMILES string of the molecule is CCCn1ccnc1-c1c(-c2ccccc2)ncn1Cc1csc(C)n1. The molecule has 6 heteroatoms. The Balaban J connectivity index is 1.84. The third-order valence-electron chi connectivity index (χ3n) is 4.28. The van der Waals surface area contributed by atoms with Crippen molar-refractivity contribution in [3.8, 4) is 22.8 Å². The third kappa shape index (κ3) is 3.20. The maximum Gasteiger partial charge on any atom is 0.158 e. The molecule has 0 N–H and O–H groups in total. The molecule has 3 aromatic heterocycles. The fourth-order valence-electron chi connectivity index (χ4n) is 3.15. The van der Waals surface area contributed by atoms with Crippen LogP contribution in [0.3, 0.4) is 0 Å². The average molecular weight is 363 g/mol. The summed E-state index contributed by atoms with van der Waals surface area (Å²) in [6.45, 7) is 5.84. The van der Waals surface area contributed by atoms with Gasteiger partial charge in [-0.15, -0.1) is 11.3 Å². The Bertz CT molecular complexity index is 996. The minimum Gasteiger partial charge on any atom is -0.330 e. The highest BCUT2D eigenvalue weighted by Gasteiger charge is 2.19. The molecule has 0 atom stereocenters. The van der Waals surface area contributed by atoms with E-state index < -0.39 is 0 Å². The van der Waals surface area contributed by atoms with Gasteiger partial charge in [0, 0.05) is 29.9 Å². The molecule has 0 unspecified atom stereocenters. The van der Waals surface area contributed by atoms with Crippen LogP contribution in [0.4, 0.5) is 0 Å². The molecule has 0 radical (unpaired) electrons. The summed E-state index contributed by atoms with van der Waals surface area (Å²) < 4.78 is 4.36. The maximum atomic E-state index is 4.73. The van der Waals surface area contributed by atoms with Gasteiger partial charge in [-0.1, -0.05) is 37.3 Å². The average Bonchev–Trinajstić information content (AvgIpc) is 3.37. The molecule has 3 heterocycles. The summed E-state index contributed by atoms with van der Waals surface area (Å²) in [5, 5.41) is 3.19. The van der Waals surface area contributed by atoms with Gasteiger partial charge in [0.15, 0.2) is 5.82 Å². The monoisotopic (exact) mass is 363 g/mol. The van der Waals surface area contributed by atoms with E-state index >= 15 is 0 Å². The van der Waals surface area contributed by atoms with Crippen LogP contribution in [0.25, 0.3) is 22.8 Å². The number of aromatic nitrogens is 5. The van der Waals surface area contributed by atoms with Gasteiger partial charge in [-0.05, 0) is 13.3 Å². The zero-order valence-corrected chi connectivity index (χ0v) is 15.8. The molecule has 0 aliphatic rings. The number of benzene rings is 1. The van der Waals surface area contributed by atoms with E-state index in [1.165, 1.54) is 0 Å². The first-order valence-electron chi connectivity index (χ1n) is 8.79. The van der Waals surface area contributed by atoms with E-state index in [9.17, 15) is 0 Å². The lowest BCUT2D eigenvalue weighted by molar-refractivity contribution is 0.677. The fourth-order valence-corrected chi connectivity index (χ4v) is 3.75. The molecule has 0 aliphatic heterocycles. The van der Waals surface area contributed by atoms with Crippen molar-refractivity contribution in [2.24, 2.45) is 0 Å². The van der Waals surface area contributed by atoms with Crippen molar-refractivity contribution >= 4 is 11.3 Å². The first-order chi connectivity index (χ1) is 12.8. The molecular weight excluding hydrogens is 342 g/mol. The lowest BCUT2D eigenvalue weighted by Gasteiger charge is -2.11. The van der Waals surface area contributed by atoms with Crippen molar-refractivity contribution in [1.29, 1.82) is 0 Å². The van der Waals surface area contributed by atoms with Crippen LogP contribution < -0.4 is 0 Å². The zero-order chi connectivity index (χ0) is 17.9. The number of imidazole rings is 2. The van der Waals surface area contributed by atoms with Crippen LogP contribution in [0.1, 0.15) is 24.0 Å². The molecule has 4 aromatic rings. The lowest BCUT2D eigenvalue weighted by Crippen LogP contribution is -2.06. The number of hydrogen-bond donors (Lipinski definition) is 0. The van der Waals surface area contributed by atoms with E-state index in [0.717, 1.165) is 46.4 Å². The summed E-state index contributed by atoms with van der Waals surface area (Å²) in [6.07, 6.45) is 6.86. The molecule has 5 nitrogen and oxygen atoms in total. The van der Waals surface area contributed by atoms with E-state index in [2.05, 4.69) is 43.5 Å². The Hall–Kier alpha value is -2.73. The second kappa shape index (κ2) is 7.25. The Kier molecular flexibility index (Phi) is 4.67. The highest BCUT2D eigenvalue weighted by Crippen LogP contribution is 2.31. The van der Waals surface area contributed by atoms with Gasteiger partial charge >= 0.3 is 0 Å². The van der Waals surface area contributed by atoms with Crippen LogP contribution in [-0.2, 0) is 13.1 Å². The smallest absolute Gasteiger partial charge is 0.158 e. The van der Waals surface area contributed by atoms with Crippen molar-refractivity contribution in [1.82, 2.24) is 24.1 Å². The molecule has 4 rings (SSSR count). The highest BCUT2D eigenvalue weighted by molar-refractivity contribution is 7.09. The molecule has 0 amide bonds. The summed E-state index contributed by atoms with van der Waals surface area (Å²) in [5.41, 5.74) is 4.16. The van der Waals surface area contributed by atoms with Crippen LogP contribution in [0.15, 0.2) is 54.4 Å². The summed E-state index contributed by atoms with van der Waals surface area (Å²) in [4.78, 5) is 14.0. The topological polar surface area (TPSA) is 48.5 Å². The number of thiazole rings is 1. The minimum absolute atomic E-state index is 0.693. The van der Waals surface area contributed by atoms with Crippen LogP contribution in [0.2, 0.25) is 0 Å². The van der Waals surface area contributed by atoms with Gasteiger partial charge in [-0.25, -0.2) is 15.0 Å². The molecule has 0 aliphatic carbocycles. The van der Waals surface area contributed by atoms with Crippen LogP contribution in [-0.4, -0.2) is 24.1 Å². The molecular formula is C20H21N5S. The molecule has 0 saturated heterocycles. The predicted molar refractivity (Wildman–Crippen MR) is 105 cm³/mol. The van der Waals surface area contributed by atoms with Gasteiger partial charge in [0.1, 0.15) is 5.69 Å². The molecule has 0 bridgehead atoms. The van der Waals surface area contributed by atoms with E-state index in [4.69, 9.17) is 4.98 Å². The quantitative estimate of drug-likeness (QED) is 0.501. The van der Waals surface area contributed by atoms with E-state index in [1.807, 2.05) is 43.8 Å². The Morgan fingerprint density at radius 3 is 2.65 bits per heavy atom. The number of nitrogens with zero attached hydrogens (tertiary/aromatic N) is 5. The van der Waals surface area contributed by atoms with Crippen molar-refractivity contribution < 1.29 is 0 Å². The minimum atomic E-state index is 0.693. The summed E-state index contributed by atoms with van der Waals surface area (Å²) in [6, 6.07) is 10.3. The maximum absolute atomic E-state index is 4.73. The largest absolute Gasteiger partial charge is 0.330 e. The summed E-state index contributed by atoms with van der Waals surface area (Å²) in [7, 11) is 0. The second-order valence-corrected chi connectivity index (χ2v) is 7.30. The standard InChI is InChI=1S/C20H21N5S/c1-3-10-24-11-9-21-20(24)19-18(16-7-5-4-6-8-16)22-14-25(19)12-17-13-26-15(2)23-17/h4-9,11,13-14H,3,10,12H2,1-2H3. The van der Waals surface area contributed by atoms with Crippen LogP contribution in [0.5, 0.6) is 0 Å². The molecule has 0 spiro atoms. The van der Waals surface area contributed by atoms with Gasteiger partial charge < -0.3 is 9.13 Å². The zero-order valence-electron chi connectivity index (χ0n) is 15.0. The van der Waals surface area contributed by atoms with Crippen molar-refractivity contribution in [3.63, 3.8) is 0 Å². The van der Waals surface area contributed by atoms with Crippen molar-refractivity contribution in [2.75, 3.05) is 0 Å². The summed E-state index contributed by atoms with van der Waals surface area (Å²) >= 11 is 1.68. The van der Waals surface area contributed by atoms with Gasteiger partial charge in [-0.3, -0.25) is 0 Å². The molecule has 26 heavy (non-hydrogen) atoms. The number of rotatable bonds is 6. The lowest BCUT2D eigenvalue weighted by atomic mass is 10.1. The molecule has 0 fully saturated rings. The Labute approximate surface area is 157 Å². The predicted octanol–water partition coefficient (Wildman–Crippen LogP) is 4.64. The normalized spacial score (nSPS) is 11.2. The van der Waals surface area contributed by atoms with Gasteiger partial charge in [-0.2, -0.15) is 0 Å². The first kappa shape index (κ1) is 16.7. The molecule has 132 valence electrons. The second-order valence-electron chi connectivity index (χ2n) is 6.24. The van der Waals surface area contributed by atoms with E-state index in [0.29, 0.717) is 6.54 Å². The van der Waals surface area contributed by atoms with Gasteiger partial charge in [0.25, 0.3) is 0 Å². The summed E-state index contributed by atoms with van der Waals surface area (Å²) in [5.74, 6) is 0.954. The molecule has 1 aromatic carbocycles. The third-order valence-corrected chi connectivity index (χ3v) is 5.10. The van der Waals surface area contributed by atoms with E-state index in [1.54, 1.807) is 11.3 Å². The van der Waals surface area contributed by atoms with E-state index in [-0.39, 0.29) is 0 Å². The fraction of sp³-hybridized carbons (Fsp3) is 0.250. The van der Waals surface area contributed by atoms with Crippen molar-refractivity contribution in [3.05, 3.63) is 65.1 Å². The number of aryl methyl sites for hydroxylation is 2. The Morgan fingerprint density at radius 1 is 1.08 bits per heavy atom. The highest BCUT2D eigenvalue weighted by atomic mass is 32.1. The number of hydrogen-bond acceptors (Lipinski definition) is 4. The first-order valence-corrected chi connectivity index (χ1v) is 9.67. The van der Waals surface area contributed by atoms with Gasteiger partial charge in [0.2, 0.25) is 0 Å². The van der Waals surface area contributed by atoms with Crippen LogP contribution >= 0.6 is 11.3 Å².